The van der Waals surface area contributed by atoms with E-state index in [-0.39, 0.29) is 35.3 Å². The maximum absolute atomic E-state index is 13.9. The number of likely N-dealkylation sites (tertiary alicyclic amines) is 1. The molecule has 9 nitrogen and oxygen atoms in total. The number of fused-ring (bicyclic) bond motifs is 5. The third-order valence-electron chi connectivity index (χ3n) is 7.72. The van der Waals surface area contributed by atoms with Crippen LogP contribution in [0, 0.1) is 17.0 Å². The fourth-order valence-electron chi connectivity index (χ4n) is 5.86. The van der Waals surface area contributed by atoms with Crippen LogP contribution >= 0.6 is 0 Å². The number of benzene rings is 1. The Morgan fingerprint density at radius 3 is 2.65 bits per heavy atom. The van der Waals surface area contributed by atoms with Crippen LogP contribution in [0.1, 0.15) is 54.2 Å². The molecule has 2 aromatic rings. The summed E-state index contributed by atoms with van der Waals surface area (Å²) >= 11 is 0. The van der Waals surface area contributed by atoms with Gasteiger partial charge in [0.15, 0.2) is 0 Å². The van der Waals surface area contributed by atoms with E-state index in [0.717, 1.165) is 24.1 Å². The molecule has 1 aromatic heterocycles. The Morgan fingerprint density at radius 1 is 1.18 bits per heavy atom. The van der Waals surface area contributed by atoms with Crippen LogP contribution in [0.5, 0.6) is 0 Å². The molecule has 1 N–H and O–H groups in total. The van der Waals surface area contributed by atoms with Crippen LogP contribution < -0.4 is 10.8 Å². The highest BCUT2D eigenvalue weighted by atomic mass is 16.8. The third-order valence-corrected chi connectivity index (χ3v) is 7.72. The first-order valence-electron chi connectivity index (χ1n) is 11.9. The smallest absolute Gasteiger partial charge is 0.275 e. The van der Waals surface area contributed by atoms with Gasteiger partial charge >= 0.3 is 0 Å². The minimum atomic E-state index is -0.545. The number of anilines is 1. The van der Waals surface area contributed by atoms with Gasteiger partial charge in [-0.1, -0.05) is 38.5 Å². The number of pyridine rings is 1. The summed E-state index contributed by atoms with van der Waals surface area (Å²) in [5.74, 6) is -0.120. The zero-order valence-electron chi connectivity index (χ0n) is 19.4. The number of aromatic nitrogens is 1. The molecule has 1 saturated heterocycles. The van der Waals surface area contributed by atoms with Crippen LogP contribution in [0.4, 0.5) is 5.69 Å². The van der Waals surface area contributed by atoms with Crippen LogP contribution in [-0.2, 0) is 17.9 Å². The first-order chi connectivity index (χ1) is 16.3. The Kier molecular flexibility index (Phi) is 5.69. The lowest BCUT2D eigenvalue weighted by atomic mass is 9.82. The molecule has 0 saturated carbocycles. The van der Waals surface area contributed by atoms with Gasteiger partial charge < -0.3 is 24.8 Å². The summed E-state index contributed by atoms with van der Waals surface area (Å²) < 4.78 is 1.56. The molecular weight excluding hydrogens is 436 g/mol. The van der Waals surface area contributed by atoms with E-state index in [0.29, 0.717) is 31.7 Å². The van der Waals surface area contributed by atoms with Crippen LogP contribution in [0.3, 0.4) is 0 Å². The van der Waals surface area contributed by atoms with E-state index < -0.39 is 16.8 Å². The van der Waals surface area contributed by atoms with Crippen molar-refractivity contribution in [1.29, 1.82) is 0 Å². The topological polar surface area (TPSA) is 109 Å². The van der Waals surface area contributed by atoms with Crippen LogP contribution in [0.15, 0.2) is 41.2 Å². The highest BCUT2D eigenvalue weighted by Crippen LogP contribution is 2.37. The van der Waals surface area contributed by atoms with Crippen molar-refractivity contribution >= 4 is 17.5 Å². The number of amides is 2. The van der Waals surface area contributed by atoms with E-state index in [1.807, 2.05) is 43.0 Å². The fraction of sp³-hybridized carbons (Fsp3) is 0.480. The van der Waals surface area contributed by atoms with Gasteiger partial charge in [-0.3, -0.25) is 19.6 Å². The second-order valence-electron chi connectivity index (χ2n) is 9.79. The molecule has 1 aromatic carbocycles. The van der Waals surface area contributed by atoms with Crippen molar-refractivity contribution in [3.05, 3.63) is 68.8 Å². The fourth-order valence-corrected chi connectivity index (χ4v) is 5.86. The first kappa shape index (κ1) is 22.6. The molecule has 1 fully saturated rings. The molecule has 0 spiro atoms. The van der Waals surface area contributed by atoms with Crippen molar-refractivity contribution in [3.63, 3.8) is 0 Å². The lowest BCUT2D eigenvalue weighted by Gasteiger charge is -2.45. The molecule has 34 heavy (non-hydrogen) atoms. The lowest BCUT2D eigenvalue weighted by Crippen LogP contribution is -2.56. The highest BCUT2D eigenvalue weighted by Gasteiger charge is 2.44. The summed E-state index contributed by atoms with van der Waals surface area (Å²) in [5.41, 5.74) is 1.57. The molecule has 3 aliphatic heterocycles. The summed E-state index contributed by atoms with van der Waals surface area (Å²) in [6.07, 6.45) is 1.62. The monoisotopic (exact) mass is 465 g/mol. The van der Waals surface area contributed by atoms with Gasteiger partial charge in [-0.25, -0.2) is 0 Å². The van der Waals surface area contributed by atoms with Crippen molar-refractivity contribution < 1.29 is 14.8 Å². The Bertz CT molecular complexity index is 1190. The zero-order chi connectivity index (χ0) is 24.1. The molecule has 0 radical (unpaired) electrons. The van der Waals surface area contributed by atoms with Crippen molar-refractivity contribution in [2.75, 3.05) is 18.3 Å². The van der Waals surface area contributed by atoms with E-state index in [1.54, 1.807) is 15.5 Å². The molecule has 4 unspecified atom stereocenters. The number of carbonyl (C=O) groups is 2. The van der Waals surface area contributed by atoms with Gasteiger partial charge in [0.05, 0.1) is 0 Å². The average molecular weight is 466 g/mol. The number of carbonyl (C=O) groups excluding carboxylic acids is 2. The van der Waals surface area contributed by atoms with Gasteiger partial charge in [-0.05, 0) is 42.0 Å². The predicted octanol–water partition coefficient (Wildman–Crippen LogP) is 2.56. The third kappa shape index (κ3) is 3.59. The number of rotatable bonds is 5. The Hall–Kier alpha value is -3.17. The molecule has 2 amide bonds. The lowest BCUT2D eigenvalue weighted by molar-refractivity contribution is -0.141. The Morgan fingerprint density at radius 2 is 1.94 bits per heavy atom. The Labute approximate surface area is 197 Å². The van der Waals surface area contributed by atoms with Crippen LogP contribution in [0.25, 0.3) is 0 Å². The summed E-state index contributed by atoms with van der Waals surface area (Å²) in [6.45, 7) is 5.82. The quantitative estimate of drug-likeness (QED) is 0.680. The normalized spacial score (nSPS) is 22.8. The molecule has 2 bridgehead atoms. The molecular formula is C25H29N4O5-. The first-order valence-corrected chi connectivity index (χ1v) is 11.9. The van der Waals surface area contributed by atoms with Crippen molar-refractivity contribution in [2.45, 2.75) is 51.7 Å². The summed E-state index contributed by atoms with van der Waals surface area (Å²) in [7, 11) is 0. The number of piperidine rings is 1. The minimum Gasteiger partial charge on any atom is -0.733 e. The molecule has 0 aliphatic carbocycles. The molecule has 180 valence electrons. The van der Waals surface area contributed by atoms with E-state index in [4.69, 9.17) is 0 Å². The largest absolute Gasteiger partial charge is 0.733 e. The van der Waals surface area contributed by atoms with Crippen LogP contribution in [0.2, 0.25) is 0 Å². The van der Waals surface area contributed by atoms with Gasteiger partial charge in [0, 0.05) is 43.4 Å². The predicted molar refractivity (Wildman–Crippen MR) is 125 cm³/mol. The van der Waals surface area contributed by atoms with Crippen LogP contribution in [-0.4, -0.2) is 50.5 Å². The summed E-state index contributed by atoms with van der Waals surface area (Å²) in [5, 5.41) is 20.2. The second kappa shape index (κ2) is 8.56. The van der Waals surface area contributed by atoms with E-state index >= 15 is 0 Å². The molecule has 5 rings (SSSR count). The average Bonchev–Trinajstić information content (AvgIpc) is 3.15. The van der Waals surface area contributed by atoms with E-state index in [2.05, 4.69) is 0 Å². The number of nitrogens with zero attached hydrogens (tertiary/aromatic N) is 4. The molecule has 9 heteroatoms. The van der Waals surface area contributed by atoms with Gasteiger partial charge in [-0.2, -0.15) is 0 Å². The highest BCUT2D eigenvalue weighted by molar-refractivity contribution is 6.01. The van der Waals surface area contributed by atoms with E-state index in [9.17, 15) is 24.8 Å². The second-order valence-corrected chi connectivity index (χ2v) is 9.79. The van der Waals surface area contributed by atoms with Crippen molar-refractivity contribution in [3.8, 4) is 0 Å². The molecule has 4 heterocycles. The van der Waals surface area contributed by atoms with Gasteiger partial charge in [0.2, 0.25) is 5.91 Å². The maximum Gasteiger partial charge on any atom is 0.275 e. The summed E-state index contributed by atoms with van der Waals surface area (Å²) in [6, 6.07) is 10.0. The van der Waals surface area contributed by atoms with Gasteiger partial charge in [0.25, 0.3) is 11.5 Å². The minimum absolute atomic E-state index is 0.00224. The van der Waals surface area contributed by atoms with Crippen molar-refractivity contribution in [2.24, 2.45) is 11.8 Å². The Balaban J connectivity index is 1.42. The molecule has 4 atom stereocenters. The number of hydrogen-bond acceptors (Lipinski definition) is 6. The van der Waals surface area contributed by atoms with Crippen molar-refractivity contribution in [1.82, 2.24) is 14.4 Å². The maximum atomic E-state index is 13.9. The summed E-state index contributed by atoms with van der Waals surface area (Å²) in [4.78, 5) is 43.4. The zero-order valence-corrected chi connectivity index (χ0v) is 19.4. The van der Waals surface area contributed by atoms with E-state index in [1.165, 1.54) is 6.07 Å². The van der Waals surface area contributed by atoms with Gasteiger partial charge in [-0.15, -0.1) is 0 Å². The molecule has 3 aliphatic rings. The SMILES string of the molecule is CCC(C)C(C(=O)N1CC2CC(C1)c1ccc(N([O-])O)c(=O)n1C2)N1Cc2ccccc2C1=O. The standard InChI is InChI=1S/C25H29N4O5/c1-3-15(2)22(28-14-17-6-4-5-7-19(17)23(28)30)25(32)26-11-16-10-18(13-26)20-8-9-21(29(33)34)24(31)27(20)12-16/h4-9,15-16,18,22,33H,3,10-14H2,1-2H3/q-1. The number of hydrogen-bond donors (Lipinski definition) is 1. The van der Waals surface area contributed by atoms with Gasteiger partial charge in [0.1, 0.15) is 11.7 Å².